The van der Waals surface area contributed by atoms with Crippen molar-refractivity contribution in [3.8, 4) is 11.8 Å². The van der Waals surface area contributed by atoms with E-state index in [1.165, 1.54) is 20.4 Å². The van der Waals surface area contributed by atoms with Crippen molar-refractivity contribution < 1.29 is 17.9 Å². The molecule has 0 aliphatic rings. The summed E-state index contributed by atoms with van der Waals surface area (Å²) in [5, 5.41) is 0. The number of aromatic nitrogens is 2. The molecule has 0 aliphatic carbocycles. The van der Waals surface area contributed by atoms with Gasteiger partial charge in [-0.05, 0) is 12.1 Å². The lowest BCUT2D eigenvalue weighted by Crippen LogP contribution is -2.08. The Kier molecular flexibility index (Phi) is 4.19. The molecule has 106 valence electrons. The number of rotatable bonds is 5. The summed E-state index contributed by atoms with van der Waals surface area (Å²) in [4.78, 5) is 8.30. The summed E-state index contributed by atoms with van der Waals surface area (Å²) in [6, 6.07) is 8.20. The SMILES string of the molecule is COc1ncc(CS(=O)(=O)c2ccccc2)nc1OC. The molecule has 0 aliphatic heterocycles. The van der Waals surface area contributed by atoms with Gasteiger partial charge in [0.2, 0.25) is 0 Å². The van der Waals surface area contributed by atoms with Crippen LogP contribution in [0.2, 0.25) is 0 Å². The summed E-state index contributed by atoms with van der Waals surface area (Å²) in [6.45, 7) is 0. The molecule has 0 amide bonds. The summed E-state index contributed by atoms with van der Waals surface area (Å²) >= 11 is 0. The van der Waals surface area contributed by atoms with E-state index in [-0.39, 0.29) is 22.4 Å². The first-order valence-corrected chi connectivity index (χ1v) is 7.44. The highest BCUT2D eigenvalue weighted by Gasteiger charge is 2.18. The molecular weight excluding hydrogens is 280 g/mol. The average molecular weight is 294 g/mol. The first kappa shape index (κ1) is 14.3. The van der Waals surface area contributed by atoms with Gasteiger partial charge in [0.25, 0.3) is 11.8 Å². The van der Waals surface area contributed by atoms with E-state index in [0.717, 1.165) is 0 Å². The van der Waals surface area contributed by atoms with Crippen molar-refractivity contribution in [1.29, 1.82) is 0 Å². The van der Waals surface area contributed by atoms with Crippen molar-refractivity contribution >= 4 is 9.84 Å². The lowest BCUT2D eigenvalue weighted by atomic mass is 10.4. The predicted molar refractivity (Wildman–Crippen MR) is 72.5 cm³/mol. The highest BCUT2D eigenvalue weighted by atomic mass is 32.2. The first-order valence-electron chi connectivity index (χ1n) is 5.78. The maximum atomic E-state index is 12.2. The smallest absolute Gasteiger partial charge is 0.278 e. The molecule has 20 heavy (non-hydrogen) atoms. The zero-order valence-corrected chi connectivity index (χ0v) is 11.9. The average Bonchev–Trinajstić information content (AvgIpc) is 2.47. The molecule has 2 rings (SSSR count). The quantitative estimate of drug-likeness (QED) is 0.831. The summed E-state index contributed by atoms with van der Waals surface area (Å²) in [5.74, 6) is 0.131. The maximum absolute atomic E-state index is 12.2. The van der Waals surface area contributed by atoms with Gasteiger partial charge >= 0.3 is 0 Å². The van der Waals surface area contributed by atoms with E-state index in [4.69, 9.17) is 9.47 Å². The molecule has 0 unspecified atom stereocenters. The van der Waals surface area contributed by atoms with Crippen LogP contribution in [0.15, 0.2) is 41.4 Å². The largest absolute Gasteiger partial charge is 0.477 e. The Labute approximate surface area is 117 Å². The third kappa shape index (κ3) is 3.05. The molecule has 0 bridgehead atoms. The Balaban J connectivity index is 2.30. The van der Waals surface area contributed by atoms with Crippen LogP contribution < -0.4 is 9.47 Å². The summed E-state index contributed by atoms with van der Waals surface area (Å²) in [7, 11) is -0.601. The Morgan fingerprint density at radius 1 is 1.05 bits per heavy atom. The zero-order valence-electron chi connectivity index (χ0n) is 11.1. The van der Waals surface area contributed by atoms with Crippen molar-refractivity contribution in [1.82, 2.24) is 9.97 Å². The molecule has 0 atom stereocenters. The highest BCUT2D eigenvalue weighted by Crippen LogP contribution is 2.22. The van der Waals surface area contributed by atoms with Crippen LogP contribution in [0.25, 0.3) is 0 Å². The number of nitrogens with zero attached hydrogens (tertiary/aromatic N) is 2. The second kappa shape index (κ2) is 5.87. The normalized spacial score (nSPS) is 11.1. The number of hydrogen-bond acceptors (Lipinski definition) is 6. The van der Waals surface area contributed by atoms with Crippen molar-refractivity contribution in [2.45, 2.75) is 10.6 Å². The zero-order chi connectivity index (χ0) is 14.6. The monoisotopic (exact) mass is 294 g/mol. The molecule has 1 aromatic heterocycles. The second-order valence-electron chi connectivity index (χ2n) is 3.95. The topological polar surface area (TPSA) is 78.4 Å². The van der Waals surface area contributed by atoms with Gasteiger partial charge in [-0.15, -0.1) is 0 Å². The van der Waals surface area contributed by atoms with Gasteiger partial charge in [-0.25, -0.2) is 18.4 Å². The summed E-state index contributed by atoms with van der Waals surface area (Å²) in [6.07, 6.45) is 1.36. The minimum absolute atomic E-state index is 0.160. The molecule has 1 heterocycles. The van der Waals surface area contributed by atoms with Crippen LogP contribution in [-0.2, 0) is 15.6 Å². The fourth-order valence-corrected chi connectivity index (χ4v) is 2.91. The molecule has 6 nitrogen and oxygen atoms in total. The van der Waals surface area contributed by atoms with E-state index in [2.05, 4.69) is 9.97 Å². The van der Waals surface area contributed by atoms with E-state index in [0.29, 0.717) is 5.69 Å². The number of hydrogen-bond donors (Lipinski definition) is 0. The van der Waals surface area contributed by atoms with Gasteiger partial charge in [0.05, 0.1) is 36.8 Å². The number of methoxy groups -OCH3 is 2. The fourth-order valence-electron chi connectivity index (χ4n) is 1.64. The van der Waals surface area contributed by atoms with Gasteiger partial charge in [-0.1, -0.05) is 18.2 Å². The van der Waals surface area contributed by atoms with E-state index in [9.17, 15) is 8.42 Å². The van der Waals surface area contributed by atoms with Gasteiger partial charge in [0.1, 0.15) is 0 Å². The van der Waals surface area contributed by atoms with Crippen molar-refractivity contribution in [2.24, 2.45) is 0 Å². The Bertz CT molecular complexity index is 687. The molecule has 7 heteroatoms. The van der Waals surface area contributed by atoms with Gasteiger partial charge < -0.3 is 9.47 Å². The molecule has 0 N–H and O–H groups in total. The van der Waals surface area contributed by atoms with Crippen LogP contribution in [0.4, 0.5) is 0 Å². The maximum Gasteiger partial charge on any atom is 0.278 e. The van der Waals surface area contributed by atoms with Crippen LogP contribution in [0, 0.1) is 0 Å². The lowest BCUT2D eigenvalue weighted by Gasteiger charge is -2.08. The van der Waals surface area contributed by atoms with E-state index >= 15 is 0 Å². The van der Waals surface area contributed by atoms with Gasteiger partial charge in [0.15, 0.2) is 9.84 Å². The Hall–Kier alpha value is -2.15. The minimum atomic E-state index is -3.46. The first-order chi connectivity index (χ1) is 9.56. The van der Waals surface area contributed by atoms with Crippen LogP contribution in [0.5, 0.6) is 11.8 Å². The van der Waals surface area contributed by atoms with Crippen molar-refractivity contribution in [3.05, 3.63) is 42.2 Å². The third-order valence-electron chi connectivity index (χ3n) is 2.59. The molecule has 0 fully saturated rings. The minimum Gasteiger partial charge on any atom is -0.477 e. The number of benzene rings is 1. The van der Waals surface area contributed by atoms with Crippen molar-refractivity contribution in [3.63, 3.8) is 0 Å². The van der Waals surface area contributed by atoms with Gasteiger partial charge in [-0.3, -0.25) is 0 Å². The summed E-state index contributed by atoms with van der Waals surface area (Å²) < 4.78 is 34.4. The van der Waals surface area contributed by atoms with E-state index < -0.39 is 9.84 Å². The van der Waals surface area contributed by atoms with E-state index in [1.54, 1.807) is 30.3 Å². The number of ether oxygens (including phenoxy) is 2. The van der Waals surface area contributed by atoms with Gasteiger partial charge in [0, 0.05) is 0 Å². The van der Waals surface area contributed by atoms with Crippen LogP contribution >= 0.6 is 0 Å². The fraction of sp³-hybridized carbons (Fsp3) is 0.231. The van der Waals surface area contributed by atoms with Gasteiger partial charge in [-0.2, -0.15) is 0 Å². The number of sulfone groups is 1. The highest BCUT2D eigenvalue weighted by molar-refractivity contribution is 7.90. The molecule has 0 saturated heterocycles. The molecular formula is C13H14N2O4S. The molecule has 0 radical (unpaired) electrons. The van der Waals surface area contributed by atoms with Crippen LogP contribution in [-0.4, -0.2) is 32.6 Å². The molecule has 0 saturated carbocycles. The molecule has 0 spiro atoms. The lowest BCUT2D eigenvalue weighted by molar-refractivity contribution is 0.330. The third-order valence-corrected chi connectivity index (χ3v) is 4.25. The molecule has 1 aromatic carbocycles. The Morgan fingerprint density at radius 3 is 2.30 bits per heavy atom. The van der Waals surface area contributed by atoms with Crippen LogP contribution in [0.1, 0.15) is 5.69 Å². The standard InChI is InChI=1S/C13H14N2O4S/c1-18-12-13(19-2)15-10(8-14-12)9-20(16,17)11-6-4-3-5-7-11/h3-8H,9H2,1-2H3. The van der Waals surface area contributed by atoms with Crippen LogP contribution in [0.3, 0.4) is 0 Å². The Morgan fingerprint density at radius 2 is 1.70 bits per heavy atom. The predicted octanol–water partition coefficient (Wildman–Crippen LogP) is 1.47. The second-order valence-corrected chi connectivity index (χ2v) is 5.94. The molecule has 2 aromatic rings. The van der Waals surface area contributed by atoms with E-state index in [1.807, 2.05) is 0 Å². The van der Waals surface area contributed by atoms with Crippen molar-refractivity contribution in [2.75, 3.05) is 14.2 Å². The summed E-state index contributed by atoms with van der Waals surface area (Å²) in [5.41, 5.74) is 0.298.